The van der Waals surface area contributed by atoms with E-state index in [1.54, 1.807) is 29.4 Å². The van der Waals surface area contributed by atoms with Crippen LogP contribution in [0.3, 0.4) is 0 Å². The van der Waals surface area contributed by atoms with E-state index in [9.17, 15) is 14.3 Å². The van der Waals surface area contributed by atoms with Gasteiger partial charge in [0.1, 0.15) is 5.82 Å². The number of rotatable bonds is 4. The van der Waals surface area contributed by atoms with Crippen molar-refractivity contribution in [2.24, 2.45) is 0 Å². The Morgan fingerprint density at radius 2 is 2.04 bits per heavy atom. The van der Waals surface area contributed by atoms with Gasteiger partial charge in [0.2, 0.25) is 5.91 Å². The molecule has 0 aliphatic carbocycles. The number of aliphatic hydroxyl groups excluding tert-OH is 1. The first-order valence-electron chi connectivity index (χ1n) is 8.24. The summed E-state index contributed by atoms with van der Waals surface area (Å²) in [5.41, 5.74) is 1.78. The second-order valence-electron chi connectivity index (χ2n) is 6.23. The maximum absolute atomic E-state index is 13.1. The fourth-order valence-electron chi connectivity index (χ4n) is 3.23. The Labute approximate surface area is 141 Å². The van der Waals surface area contributed by atoms with Crippen LogP contribution in [0.25, 0.3) is 0 Å². The highest BCUT2D eigenvalue weighted by molar-refractivity contribution is 5.79. The summed E-state index contributed by atoms with van der Waals surface area (Å²) in [4.78, 5) is 18.5. The summed E-state index contributed by atoms with van der Waals surface area (Å²) in [5.74, 6) is -0.290. The molecular formula is C19H21FN2O2. The van der Waals surface area contributed by atoms with Gasteiger partial charge in [0, 0.05) is 18.9 Å². The van der Waals surface area contributed by atoms with Crippen LogP contribution in [0, 0.1) is 5.82 Å². The molecule has 5 heteroatoms. The van der Waals surface area contributed by atoms with Crippen LogP contribution in [0.1, 0.15) is 24.0 Å². The van der Waals surface area contributed by atoms with E-state index < -0.39 is 6.10 Å². The van der Waals surface area contributed by atoms with Crippen LogP contribution in [0.4, 0.5) is 4.39 Å². The van der Waals surface area contributed by atoms with Crippen molar-refractivity contribution in [3.8, 4) is 0 Å². The number of aliphatic hydroxyl groups is 1. The quantitative estimate of drug-likeness (QED) is 0.937. The van der Waals surface area contributed by atoms with Crippen LogP contribution in [0.2, 0.25) is 0 Å². The molecule has 2 aromatic rings. The van der Waals surface area contributed by atoms with Crippen LogP contribution < -0.4 is 0 Å². The van der Waals surface area contributed by atoms with E-state index in [-0.39, 0.29) is 24.2 Å². The molecule has 0 bridgehead atoms. The monoisotopic (exact) mass is 328 g/mol. The highest BCUT2D eigenvalue weighted by atomic mass is 19.1. The van der Waals surface area contributed by atoms with E-state index >= 15 is 0 Å². The van der Waals surface area contributed by atoms with Gasteiger partial charge in [-0.3, -0.25) is 9.78 Å². The average molecular weight is 328 g/mol. The minimum absolute atomic E-state index is 0.00568. The van der Waals surface area contributed by atoms with Crippen LogP contribution >= 0.6 is 0 Å². The van der Waals surface area contributed by atoms with Crippen molar-refractivity contribution in [3.05, 3.63) is 65.7 Å². The zero-order chi connectivity index (χ0) is 16.9. The number of halogens is 1. The average Bonchev–Trinajstić information content (AvgIpc) is 2.59. The Hall–Kier alpha value is -2.27. The molecule has 2 atom stereocenters. The Balaban J connectivity index is 1.73. The normalized spacial score (nSPS) is 20.8. The van der Waals surface area contributed by atoms with E-state index in [0.29, 0.717) is 19.4 Å². The minimum atomic E-state index is -0.554. The molecule has 1 aromatic heterocycles. The van der Waals surface area contributed by atoms with Crippen LogP contribution in [-0.4, -0.2) is 39.6 Å². The summed E-state index contributed by atoms with van der Waals surface area (Å²) in [5, 5.41) is 10.4. The zero-order valence-corrected chi connectivity index (χ0v) is 13.4. The Morgan fingerprint density at radius 3 is 2.75 bits per heavy atom. The van der Waals surface area contributed by atoms with Crippen LogP contribution in [0.15, 0.2) is 48.8 Å². The smallest absolute Gasteiger partial charge is 0.227 e. The van der Waals surface area contributed by atoms with Crippen molar-refractivity contribution >= 4 is 5.91 Å². The van der Waals surface area contributed by atoms with Crippen molar-refractivity contribution < 1.29 is 14.3 Å². The van der Waals surface area contributed by atoms with Crippen molar-refractivity contribution in [2.75, 3.05) is 6.54 Å². The first-order valence-corrected chi connectivity index (χ1v) is 8.24. The lowest BCUT2D eigenvalue weighted by Gasteiger charge is -2.39. The van der Waals surface area contributed by atoms with Gasteiger partial charge >= 0.3 is 0 Å². The molecule has 0 saturated carbocycles. The number of carbonyl (C=O) groups is 1. The second kappa shape index (κ2) is 7.53. The molecule has 1 fully saturated rings. The molecule has 1 amide bonds. The number of likely N-dealkylation sites (tertiary alicyclic amines) is 1. The fraction of sp³-hybridized carbons (Fsp3) is 0.368. The number of carbonyl (C=O) groups excluding carboxylic acids is 1. The number of piperidine rings is 1. The Kier molecular flexibility index (Phi) is 5.20. The highest BCUT2D eigenvalue weighted by Gasteiger charge is 2.33. The molecule has 1 aliphatic rings. The van der Waals surface area contributed by atoms with Crippen molar-refractivity contribution in [3.63, 3.8) is 0 Å². The molecule has 126 valence electrons. The van der Waals surface area contributed by atoms with E-state index in [2.05, 4.69) is 4.98 Å². The summed E-state index contributed by atoms with van der Waals surface area (Å²) >= 11 is 0. The van der Waals surface area contributed by atoms with Crippen molar-refractivity contribution in [1.29, 1.82) is 0 Å². The zero-order valence-electron chi connectivity index (χ0n) is 13.4. The van der Waals surface area contributed by atoms with Crippen molar-refractivity contribution in [1.82, 2.24) is 9.88 Å². The number of hydrogen-bond acceptors (Lipinski definition) is 3. The molecule has 0 spiro atoms. The summed E-state index contributed by atoms with van der Waals surface area (Å²) in [7, 11) is 0. The largest absolute Gasteiger partial charge is 0.391 e. The van der Waals surface area contributed by atoms with Gasteiger partial charge in [-0.1, -0.05) is 18.2 Å². The molecule has 4 nitrogen and oxygen atoms in total. The topological polar surface area (TPSA) is 53.4 Å². The lowest BCUT2D eigenvalue weighted by atomic mass is 9.92. The van der Waals surface area contributed by atoms with Gasteiger partial charge in [-0.25, -0.2) is 4.39 Å². The summed E-state index contributed by atoms with van der Waals surface area (Å²) < 4.78 is 13.1. The van der Waals surface area contributed by atoms with Gasteiger partial charge in [0.15, 0.2) is 0 Å². The molecule has 1 aliphatic heterocycles. The van der Waals surface area contributed by atoms with E-state index in [4.69, 9.17) is 0 Å². The third-order valence-corrected chi connectivity index (χ3v) is 4.50. The first-order chi connectivity index (χ1) is 11.6. The third-order valence-electron chi connectivity index (χ3n) is 4.50. The molecule has 0 radical (unpaired) electrons. The SMILES string of the molecule is O=C(Cc1cccnc1)N1CCC[C@H](O)[C@@H]1Cc1ccc(F)cc1. The molecule has 0 unspecified atom stereocenters. The van der Waals surface area contributed by atoms with Gasteiger partial charge in [-0.15, -0.1) is 0 Å². The predicted molar refractivity (Wildman–Crippen MR) is 88.8 cm³/mol. The van der Waals surface area contributed by atoms with Gasteiger partial charge in [0.25, 0.3) is 0 Å². The predicted octanol–water partition coefficient (Wildman–Crippen LogP) is 2.36. The molecule has 2 heterocycles. The Morgan fingerprint density at radius 1 is 1.25 bits per heavy atom. The molecule has 1 aromatic carbocycles. The fourth-order valence-corrected chi connectivity index (χ4v) is 3.23. The lowest BCUT2D eigenvalue weighted by molar-refractivity contribution is -0.138. The molecule has 1 N–H and O–H groups in total. The molecule has 3 rings (SSSR count). The van der Waals surface area contributed by atoms with Gasteiger partial charge in [-0.2, -0.15) is 0 Å². The molecular weight excluding hydrogens is 307 g/mol. The number of amides is 1. The van der Waals surface area contributed by atoms with Crippen molar-refractivity contribution in [2.45, 2.75) is 37.8 Å². The number of benzene rings is 1. The van der Waals surface area contributed by atoms with Crippen LogP contribution in [-0.2, 0) is 17.6 Å². The maximum Gasteiger partial charge on any atom is 0.227 e. The number of aromatic nitrogens is 1. The third kappa shape index (κ3) is 3.97. The van der Waals surface area contributed by atoms with Gasteiger partial charge < -0.3 is 10.0 Å². The summed E-state index contributed by atoms with van der Waals surface area (Å²) in [6, 6.07) is 9.65. The Bertz CT molecular complexity index is 676. The lowest BCUT2D eigenvalue weighted by Crippen LogP contribution is -2.52. The van der Waals surface area contributed by atoms with Gasteiger partial charge in [0.05, 0.1) is 18.6 Å². The standard InChI is InChI=1S/C19H21FN2O2/c20-16-7-5-14(6-8-16)11-17-18(23)4-2-10-22(17)19(24)12-15-3-1-9-21-13-15/h1,3,5-9,13,17-18,23H,2,4,10-12H2/t17-,18-/m0/s1. The number of nitrogens with zero attached hydrogens (tertiary/aromatic N) is 2. The van der Waals surface area contributed by atoms with E-state index in [0.717, 1.165) is 17.5 Å². The minimum Gasteiger partial charge on any atom is -0.391 e. The molecule has 1 saturated heterocycles. The summed E-state index contributed by atoms with van der Waals surface area (Å²) in [6.07, 6.45) is 5.09. The van der Waals surface area contributed by atoms with E-state index in [1.165, 1.54) is 12.1 Å². The first kappa shape index (κ1) is 16.6. The second-order valence-corrected chi connectivity index (χ2v) is 6.23. The maximum atomic E-state index is 13.1. The van der Waals surface area contributed by atoms with Gasteiger partial charge in [-0.05, 0) is 48.6 Å². The number of pyridine rings is 1. The summed E-state index contributed by atoms with van der Waals surface area (Å²) in [6.45, 7) is 0.641. The van der Waals surface area contributed by atoms with E-state index in [1.807, 2.05) is 12.1 Å². The van der Waals surface area contributed by atoms with Crippen LogP contribution in [0.5, 0.6) is 0 Å². The number of hydrogen-bond donors (Lipinski definition) is 1. The highest BCUT2D eigenvalue weighted by Crippen LogP contribution is 2.22. The molecule has 24 heavy (non-hydrogen) atoms.